The first-order valence-corrected chi connectivity index (χ1v) is 6.36. The van der Waals surface area contributed by atoms with Crippen LogP contribution in [-0.2, 0) is 7.05 Å². The van der Waals surface area contributed by atoms with Crippen LogP contribution in [-0.4, -0.2) is 23.6 Å². The van der Waals surface area contributed by atoms with Gasteiger partial charge in [0.2, 0.25) is 0 Å². The van der Waals surface area contributed by atoms with E-state index in [1.54, 1.807) is 0 Å². The van der Waals surface area contributed by atoms with Gasteiger partial charge in [0.15, 0.2) is 0 Å². The van der Waals surface area contributed by atoms with Crippen molar-refractivity contribution in [1.82, 2.24) is 9.55 Å². The predicted octanol–water partition coefficient (Wildman–Crippen LogP) is 3.31. The molecule has 3 nitrogen and oxygen atoms in total. The van der Waals surface area contributed by atoms with E-state index in [1.165, 1.54) is 5.69 Å². The first-order chi connectivity index (χ1) is 9.18. The molecule has 0 unspecified atom stereocenters. The van der Waals surface area contributed by atoms with E-state index in [0.717, 1.165) is 22.4 Å². The zero-order valence-electron chi connectivity index (χ0n) is 11.5. The van der Waals surface area contributed by atoms with Crippen LogP contribution in [0.15, 0.2) is 48.5 Å². The van der Waals surface area contributed by atoms with Gasteiger partial charge in [-0.05, 0) is 24.3 Å². The second-order valence-corrected chi connectivity index (χ2v) is 4.89. The average Bonchev–Trinajstić information content (AvgIpc) is 2.76. The lowest BCUT2D eigenvalue weighted by molar-refractivity contribution is 0.957. The normalized spacial score (nSPS) is 10.9. The summed E-state index contributed by atoms with van der Waals surface area (Å²) in [5.74, 6) is 1.01. The van der Waals surface area contributed by atoms with Gasteiger partial charge in [0, 0.05) is 32.4 Å². The zero-order valence-corrected chi connectivity index (χ0v) is 11.5. The van der Waals surface area contributed by atoms with Crippen molar-refractivity contribution in [3.05, 3.63) is 48.5 Å². The van der Waals surface area contributed by atoms with Crippen LogP contribution in [0.3, 0.4) is 0 Å². The molecule has 19 heavy (non-hydrogen) atoms. The molecular weight excluding hydrogens is 234 g/mol. The highest BCUT2D eigenvalue weighted by Crippen LogP contribution is 2.30. The third-order valence-corrected chi connectivity index (χ3v) is 3.41. The van der Waals surface area contributed by atoms with Gasteiger partial charge < -0.3 is 9.47 Å². The predicted molar refractivity (Wildman–Crippen MR) is 80.5 cm³/mol. The summed E-state index contributed by atoms with van der Waals surface area (Å²) < 4.78 is 2.15. The van der Waals surface area contributed by atoms with Crippen LogP contribution in [0.4, 0.5) is 5.69 Å². The fourth-order valence-electron chi connectivity index (χ4n) is 2.44. The van der Waals surface area contributed by atoms with Crippen LogP contribution in [0.25, 0.3) is 22.4 Å². The molecule has 0 amide bonds. The monoisotopic (exact) mass is 251 g/mol. The Bertz CT molecular complexity index is 726. The summed E-state index contributed by atoms with van der Waals surface area (Å²) in [4.78, 5) is 6.88. The van der Waals surface area contributed by atoms with Gasteiger partial charge in [-0.25, -0.2) is 4.98 Å². The second kappa shape index (κ2) is 4.43. The number of aryl methyl sites for hydroxylation is 1. The molecule has 0 aliphatic heterocycles. The van der Waals surface area contributed by atoms with E-state index in [0.29, 0.717) is 0 Å². The van der Waals surface area contributed by atoms with E-state index < -0.39 is 0 Å². The smallest absolute Gasteiger partial charge is 0.142 e. The van der Waals surface area contributed by atoms with Crippen molar-refractivity contribution in [3.63, 3.8) is 0 Å². The molecule has 3 rings (SSSR count). The summed E-state index contributed by atoms with van der Waals surface area (Å²) in [6.07, 6.45) is 0. The Balaban J connectivity index is 2.28. The van der Waals surface area contributed by atoms with Crippen molar-refractivity contribution >= 4 is 16.7 Å². The molecule has 0 N–H and O–H groups in total. The van der Waals surface area contributed by atoms with Crippen molar-refractivity contribution in [1.29, 1.82) is 0 Å². The van der Waals surface area contributed by atoms with Crippen LogP contribution in [0.5, 0.6) is 0 Å². The van der Waals surface area contributed by atoms with Crippen LogP contribution >= 0.6 is 0 Å². The number of fused-ring (bicyclic) bond motifs is 1. The molecule has 0 spiro atoms. The largest absolute Gasteiger partial charge is 0.377 e. The average molecular weight is 251 g/mol. The van der Waals surface area contributed by atoms with Gasteiger partial charge in [0.25, 0.3) is 0 Å². The minimum absolute atomic E-state index is 1.01. The molecule has 2 aromatic carbocycles. The number of aromatic nitrogens is 2. The molecule has 0 aliphatic rings. The van der Waals surface area contributed by atoms with E-state index in [2.05, 4.69) is 67.0 Å². The quantitative estimate of drug-likeness (QED) is 0.696. The minimum atomic E-state index is 1.01. The molecule has 0 radical (unpaired) electrons. The molecule has 1 aromatic heterocycles. The first-order valence-electron chi connectivity index (χ1n) is 6.36. The lowest BCUT2D eigenvalue weighted by atomic mass is 10.1. The Hall–Kier alpha value is -2.29. The Kier molecular flexibility index (Phi) is 2.75. The molecule has 1 heterocycles. The topological polar surface area (TPSA) is 21.1 Å². The van der Waals surface area contributed by atoms with Crippen LogP contribution < -0.4 is 4.90 Å². The fraction of sp³-hybridized carbons (Fsp3) is 0.188. The summed E-state index contributed by atoms with van der Waals surface area (Å²) in [5.41, 5.74) is 4.53. The molecule has 0 bridgehead atoms. The van der Waals surface area contributed by atoms with Crippen LogP contribution in [0.1, 0.15) is 0 Å². The highest BCUT2D eigenvalue weighted by atomic mass is 15.1. The Morgan fingerprint density at radius 2 is 1.63 bits per heavy atom. The summed E-state index contributed by atoms with van der Waals surface area (Å²) in [6.45, 7) is 0. The van der Waals surface area contributed by atoms with E-state index >= 15 is 0 Å². The van der Waals surface area contributed by atoms with Gasteiger partial charge >= 0.3 is 0 Å². The molecule has 0 aliphatic carbocycles. The number of benzene rings is 2. The number of hydrogen-bond acceptors (Lipinski definition) is 2. The van der Waals surface area contributed by atoms with Crippen molar-refractivity contribution in [3.8, 4) is 11.4 Å². The summed E-state index contributed by atoms with van der Waals surface area (Å²) in [5, 5.41) is 0. The van der Waals surface area contributed by atoms with Gasteiger partial charge in [0.05, 0.1) is 11.0 Å². The third-order valence-electron chi connectivity index (χ3n) is 3.41. The number of hydrogen-bond donors (Lipinski definition) is 0. The van der Waals surface area contributed by atoms with Crippen molar-refractivity contribution < 1.29 is 0 Å². The standard InChI is InChI=1S/C16H17N3/c1-18(2)14-10-6-4-8-12(14)16-17-13-9-5-7-11-15(13)19(16)3/h4-11H,1-3H3. The number of anilines is 1. The maximum Gasteiger partial charge on any atom is 0.142 e. The number of para-hydroxylation sites is 3. The van der Waals surface area contributed by atoms with Gasteiger partial charge in [-0.1, -0.05) is 24.3 Å². The van der Waals surface area contributed by atoms with Crippen molar-refractivity contribution in [2.75, 3.05) is 19.0 Å². The van der Waals surface area contributed by atoms with E-state index in [1.807, 2.05) is 12.1 Å². The highest BCUT2D eigenvalue weighted by molar-refractivity contribution is 5.84. The van der Waals surface area contributed by atoms with Crippen molar-refractivity contribution in [2.24, 2.45) is 7.05 Å². The maximum absolute atomic E-state index is 4.76. The minimum Gasteiger partial charge on any atom is -0.377 e. The Morgan fingerprint density at radius 3 is 2.37 bits per heavy atom. The fourth-order valence-corrected chi connectivity index (χ4v) is 2.44. The molecule has 0 atom stereocenters. The molecule has 0 fully saturated rings. The molecule has 0 saturated heterocycles. The molecule has 0 saturated carbocycles. The van der Waals surface area contributed by atoms with E-state index in [9.17, 15) is 0 Å². The number of nitrogens with zero attached hydrogens (tertiary/aromatic N) is 3. The number of imidazole rings is 1. The van der Waals surface area contributed by atoms with Gasteiger partial charge in [-0.2, -0.15) is 0 Å². The molecular formula is C16H17N3. The third kappa shape index (κ3) is 1.87. The Morgan fingerprint density at radius 1 is 0.947 bits per heavy atom. The van der Waals surface area contributed by atoms with Crippen molar-refractivity contribution in [2.45, 2.75) is 0 Å². The lowest BCUT2D eigenvalue weighted by Crippen LogP contribution is -2.10. The van der Waals surface area contributed by atoms with E-state index in [-0.39, 0.29) is 0 Å². The van der Waals surface area contributed by atoms with Crippen LogP contribution in [0.2, 0.25) is 0 Å². The Labute approximate surface area is 113 Å². The zero-order chi connectivity index (χ0) is 13.4. The maximum atomic E-state index is 4.76. The first kappa shape index (κ1) is 11.8. The van der Waals surface area contributed by atoms with Gasteiger partial charge in [0.1, 0.15) is 5.82 Å². The summed E-state index contributed by atoms with van der Waals surface area (Å²) in [7, 11) is 6.18. The van der Waals surface area contributed by atoms with Crippen LogP contribution in [0, 0.1) is 0 Å². The number of rotatable bonds is 2. The summed E-state index contributed by atoms with van der Waals surface area (Å²) in [6, 6.07) is 16.6. The SMILES string of the molecule is CN(C)c1ccccc1-c1nc2ccccc2n1C. The molecule has 3 aromatic rings. The molecule has 96 valence electrons. The highest BCUT2D eigenvalue weighted by Gasteiger charge is 2.13. The van der Waals surface area contributed by atoms with E-state index in [4.69, 9.17) is 4.98 Å². The molecule has 3 heteroatoms. The second-order valence-electron chi connectivity index (χ2n) is 4.89. The van der Waals surface area contributed by atoms with Gasteiger partial charge in [-0.15, -0.1) is 0 Å². The van der Waals surface area contributed by atoms with Gasteiger partial charge in [-0.3, -0.25) is 0 Å². The lowest BCUT2D eigenvalue weighted by Gasteiger charge is -2.16. The summed E-state index contributed by atoms with van der Waals surface area (Å²) >= 11 is 0.